The monoisotopic (exact) mass is 262 g/mol. The van der Waals surface area contributed by atoms with Crippen LogP contribution in [0.4, 0.5) is 5.82 Å². The summed E-state index contributed by atoms with van der Waals surface area (Å²) in [6.07, 6.45) is 3.78. The summed E-state index contributed by atoms with van der Waals surface area (Å²) in [6.45, 7) is 9.93. The third-order valence-corrected chi connectivity index (χ3v) is 3.92. The maximum absolute atomic E-state index is 9.47. The summed E-state index contributed by atoms with van der Waals surface area (Å²) in [5.41, 5.74) is 2.04. The molecule has 1 aromatic rings. The molecular weight excluding hydrogens is 236 g/mol. The van der Waals surface area contributed by atoms with Gasteiger partial charge in [-0.1, -0.05) is 20.8 Å². The fraction of sp³-hybridized carbons (Fsp3) is 0.688. The molecular formula is C16H26N2O. The van der Waals surface area contributed by atoms with Crippen molar-refractivity contribution in [3.05, 3.63) is 23.4 Å². The van der Waals surface area contributed by atoms with Gasteiger partial charge >= 0.3 is 0 Å². The van der Waals surface area contributed by atoms with Crippen LogP contribution in [0, 0.1) is 0 Å². The van der Waals surface area contributed by atoms with Gasteiger partial charge < -0.3 is 10.0 Å². The fourth-order valence-corrected chi connectivity index (χ4v) is 2.63. The largest absolute Gasteiger partial charge is 0.392 e. The number of hydrogen-bond acceptors (Lipinski definition) is 3. The molecule has 2 rings (SSSR count). The molecule has 0 spiro atoms. The summed E-state index contributed by atoms with van der Waals surface area (Å²) >= 11 is 0. The average molecular weight is 262 g/mol. The van der Waals surface area contributed by atoms with Crippen molar-refractivity contribution in [2.75, 3.05) is 11.4 Å². The highest BCUT2D eigenvalue weighted by Crippen LogP contribution is 2.28. The van der Waals surface area contributed by atoms with E-state index in [-0.39, 0.29) is 12.0 Å². The van der Waals surface area contributed by atoms with Crippen molar-refractivity contribution < 1.29 is 5.11 Å². The van der Waals surface area contributed by atoms with Gasteiger partial charge in [-0.05, 0) is 43.9 Å². The van der Waals surface area contributed by atoms with E-state index >= 15 is 0 Å². The summed E-state index contributed by atoms with van der Waals surface area (Å²) in [7, 11) is 0. The van der Waals surface area contributed by atoms with Gasteiger partial charge in [-0.25, -0.2) is 4.98 Å². The summed E-state index contributed by atoms with van der Waals surface area (Å²) < 4.78 is 0. The van der Waals surface area contributed by atoms with Crippen molar-refractivity contribution in [2.45, 2.75) is 65.0 Å². The number of aromatic nitrogens is 1. The van der Waals surface area contributed by atoms with E-state index in [0.717, 1.165) is 23.6 Å². The zero-order chi connectivity index (χ0) is 14.0. The summed E-state index contributed by atoms with van der Waals surface area (Å²) in [5, 5.41) is 9.47. The van der Waals surface area contributed by atoms with Crippen LogP contribution < -0.4 is 4.90 Å². The number of nitrogens with zero attached hydrogens (tertiary/aromatic N) is 2. The van der Waals surface area contributed by atoms with Gasteiger partial charge in [0.05, 0.1) is 6.61 Å². The molecule has 1 atom stereocenters. The van der Waals surface area contributed by atoms with Crippen LogP contribution in [0.25, 0.3) is 0 Å². The summed E-state index contributed by atoms with van der Waals surface area (Å²) in [5.74, 6) is 1.03. The van der Waals surface area contributed by atoms with E-state index in [2.05, 4.69) is 32.6 Å². The van der Waals surface area contributed by atoms with Crippen LogP contribution in [-0.4, -0.2) is 22.7 Å². The number of rotatable bonds is 2. The van der Waals surface area contributed by atoms with Crippen LogP contribution >= 0.6 is 0 Å². The summed E-state index contributed by atoms with van der Waals surface area (Å²) in [4.78, 5) is 7.23. The molecule has 0 radical (unpaired) electrons. The first-order valence-electron chi connectivity index (χ1n) is 7.31. The number of hydrogen-bond donors (Lipinski definition) is 1. The molecule has 106 valence electrons. The smallest absolute Gasteiger partial charge is 0.129 e. The van der Waals surface area contributed by atoms with Crippen LogP contribution in [0.15, 0.2) is 12.1 Å². The Hall–Kier alpha value is -1.09. The SMILES string of the molecule is CC1CCCCN1c1cc(CO)cc(C(C)(C)C)n1. The molecule has 3 heteroatoms. The van der Waals surface area contributed by atoms with Gasteiger partial charge in [0.1, 0.15) is 5.82 Å². The van der Waals surface area contributed by atoms with Crippen molar-refractivity contribution >= 4 is 5.82 Å². The third kappa shape index (κ3) is 3.27. The van der Waals surface area contributed by atoms with Crippen molar-refractivity contribution in [3.63, 3.8) is 0 Å². The van der Waals surface area contributed by atoms with Gasteiger partial charge in [-0.3, -0.25) is 0 Å². The Kier molecular flexibility index (Phi) is 4.14. The lowest BCUT2D eigenvalue weighted by Crippen LogP contribution is -2.38. The highest BCUT2D eigenvalue weighted by atomic mass is 16.3. The van der Waals surface area contributed by atoms with E-state index in [9.17, 15) is 5.11 Å². The van der Waals surface area contributed by atoms with E-state index in [1.807, 2.05) is 12.1 Å². The van der Waals surface area contributed by atoms with E-state index in [4.69, 9.17) is 4.98 Å². The predicted octanol–water partition coefficient (Wildman–Crippen LogP) is 3.25. The average Bonchev–Trinajstić information content (AvgIpc) is 2.37. The van der Waals surface area contributed by atoms with Gasteiger partial charge in [0.25, 0.3) is 0 Å². The van der Waals surface area contributed by atoms with Gasteiger partial charge in [-0.15, -0.1) is 0 Å². The quantitative estimate of drug-likeness (QED) is 0.889. The number of aliphatic hydroxyl groups excluding tert-OH is 1. The van der Waals surface area contributed by atoms with Gasteiger partial charge in [0.15, 0.2) is 0 Å². The van der Waals surface area contributed by atoms with Crippen LogP contribution in [0.1, 0.15) is 58.2 Å². The lowest BCUT2D eigenvalue weighted by Gasteiger charge is -2.35. The van der Waals surface area contributed by atoms with E-state index < -0.39 is 0 Å². The van der Waals surface area contributed by atoms with Crippen LogP contribution in [-0.2, 0) is 12.0 Å². The molecule has 0 aromatic carbocycles. The van der Waals surface area contributed by atoms with Gasteiger partial charge in [0.2, 0.25) is 0 Å². The second kappa shape index (κ2) is 5.49. The first-order chi connectivity index (χ1) is 8.91. The molecule has 2 heterocycles. The molecule has 0 saturated carbocycles. The predicted molar refractivity (Wildman–Crippen MR) is 79.5 cm³/mol. The Balaban J connectivity index is 2.39. The zero-order valence-electron chi connectivity index (χ0n) is 12.6. The molecule has 0 amide bonds. The fourth-order valence-electron chi connectivity index (χ4n) is 2.63. The second-order valence-corrected chi connectivity index (χ2v) is 6.67. The molecule has 19 heavy (non-hydrogen) atoms. The molecule has 1 aliphatic rings. The molecule has 1 fully saturated rings. The van der Waals surface area contributed by atoms with Crippen molar-refractivity contribution in [2.24, 2.45) is 0 Å². The maximum Gasteiger partial charge on any atom is 0.129 e. The standard InChI is InChI=1S/C16H26N2O/c1-12-7-5-6-8-18(12)15-10-13(11-19)9-14(17-15)16(2,3)4/h9-10,12,19H,5-8,11H2,1-4H3. The lowest BCUT2D eigenvalue weighted by molar-refractivity contribution is 0.281. The zero-order valence-corrected chi connectivity index (χ0v) is 12.6. The Labute approximate surface area is 116 Å². The number of anilines is 1. The molecule has 0 bridgehead atoms. The Morgan fingerprint density at radius 2 is 2.05 bits per heavy atom. The van der Waals surface area contributed by atoms with Gasteiger partial charge in [0, 0.05) is 23.7 Å². The maximum atomic E-state index is 9.47. The highest BCUT2D eigenvalue weighted by molar-refractivity contribution is 5.45. The lowest BCUT2D eigenvalue weighted by atomic mass is 9.90. The topological polar surface area (TPSA) is 36.4 Å². The van der Waals surface area contributed by atoms with Crippen LogP contribution in [0.3, 0.4) is 0 Å². The van der Waals surface area contributed by atoms with Crippen LogP contribution in [0.2, 0.25) is 0 Å². The first-order valence-corrected chi connectivity index (χ1v) is 7.31. The molecule has 1 aromatic heterocycles. The molecule has 3 nitrogen and oxygen atoms in total. The molecule has 1 aliphatic heterocycles. The normalized spacial score (nSPS) is 20.7. The van der Waals surface area contributed by atoms with E-state index in [0.29, 0.717) is 6.04 Å². The van der Waals surface area contributed by atoms with E-state index in [1.165, 1.54) is 19.3 Å². The van der Waals surface area contributed by atoms with Crippen LogP contribution in [0.5, 0.6) is 0 Å². The Morgan fingerprint density at radius 3 is 2.63 bits per heavy atom. The van der Waals surface area contributed by atoms with Crippen molar-refractivity contribution in [1.82, 2.24) is 4.98 Å². The van der Waals surface area contributed by atoms with Crippen molar-refractivity contribution in [1.29, 1.82) is 0 Å². The number of piperidine rings is 1. The minimum Gasteiger partial charge on any atom is -0.392 e. The minimum absolute atomic E-state index is 0.0129. The third-order valence-electron chi connectivity index (χ3n) is 3.92. The van der Waals surface area contributed by atoms with E-state index in [1.54, 1.807) is 0 Å². The molecule has 0 aliphatic carbocycles. The Morgan fingerprint density at radius 1 is 1.32 bits per heavy atom. The minimum atomic E-state index is 0.0129. The van der Waals surface area contributed by atoms with Gasteiger partial charge in [-0.2, -0.15) is 0 Å². The molecule has 1 saturated heterocycles. The van der Waals surface area contributed by atoms with Crippen molar-refractivity contribution in [3.8, 4) is 0 Å². The molecule has 1 unspecified atom stereocenters. The second-order valence-electron chi connectivity index (χ2n) is 6.67. The number of aliphatic hydroxyl groups is 1. The first kappa shape index (κ1) is 14.3. The Bertz CT molecular complexity index is 437. The molecule has 1 N–H and O–H groups in total. The number of pyridine rings is 1. The highest BCUT2D eigenvalue weighted by Gasteiger charge is 2.23. The summed E-state index contributed by atoms with van der Waals surface area (Å²) in [6, 6.07) is 4.61.